The number of nitrogens with one attached hydrogen (secondary N) is 2. The van der Waals surface area contributed by atoms with Gasteiger partial charge in [0.15, 0.2) is 5.11 Å². The summed E-state index contributed by atoms with van der Waals surface area (Å²) in [6.07, 6.45) is 4.57. The third-order valence-electron chi connectivity index (χ3n) is 4.88. The normalized spacial score (nSPS) is 11.1. The molecular weight excluding hydrogens is 394 g/mol. The van der Waals surface area contributed by atoms with E-state index in [4.69, 9.17) is 12.2 Å². The Balaban J connectivity index is 1.80. The summed E-state index contributed by atoms with van der Waals surface area (Å²) in [5, 5.41) is 5.00. The van der Waals surface area contributed by atoms with Crippen molar-refractivity contribution in [3.05, 3.63) is 75.8 Å². The van der Waals surface area contributed by atoms with E-state index in [1.165, 1.54) is 0 Å². The van der Waals surface area contributed by atoms with Crippen LogP contribution in [0.25, 0.3) is 10.9 Å². The van der Waals surface area contributed by atoms with Crippen LogP contribution in [0.1, 0.15) is 23.1 Å². The number of thiocarbonyl (C=S) groups is 1. The smallest absolute Gasteiger partial charge is 0.253 e. The Labute approximate surface area is 182 Å². The van der Waals surface area contributed by atoms with E-state index in [-0.39, 0.29) is 5.56 Å². The highest BCUT2D eigenvalue weighted by atomic mass is 32.1. The lowest BCUT2D eigenvalue weighted by molar-refractivity contribution is 0.383. The van der Waals surface area contributed by atoms with Gasteiger partial charge >= 0.3 is 0 Å². The van der Waals surface area contributed by atoms with Crippen molar-refractivity contribution in [1.29, 1.82) is 0 Å². The van der Waals surface area contributed by atoms with Crippen molar-refractivity contribution in [3.63, 3.8) is 0 Å². The summed E-state index contributed by atoms with van der Waals surface area (Å²) < 4.78 is 0. The largest absolute Gasteiger partial charge is 0.363 e. The molecule has 1 aromatic carbocycles. The first-order valence-corrected chi connectivity index (χ1v) is 10.5. The molecule has 30 heavy (non-hydrogen) atoms. The number of fused-ring (bicyclic) bond motifs is 1. The maximum Gasteiger partial charge on any atom is 0.253 e. The van der Waals surface area contributed by atoms with Crippen molar-refractivity contribution in [2.75, 3.05) is 27.2 Å². The third-order valence-corrected chi connectivity index (χ3v) is 5.28. The minimum absolute atomic E-state index is 0.0836. The minimum atomic E-state index is -0.0836. The average Bonchev–Trinajstić information content (AvgIpc) is 2.71. The molecule has 0 amide bonds. The van der Waals surface area contributed by atoms with Crippen LogP contribution in [-0.4, -0.2) is 52.1 Å². The Morgan fingerprint density at radius 1 is 1.20 bits per heavy atom. The summed E-state index contributed by atoms with van der Waals surface area (Å²) in [4.78, 5) is 24.1. The maximum atomic E-state index is 12.7. The highest BCUT2D eigenvalue weighted by Crippen LogP contribution is 2.15. The fourth-order valence-corrected chi connectivity index (χ4v) is 3.53. The van der Waals surface area contributed by atoms with E-state index in [0.717, 1.165) is 41.5 Å². The van der Waals surface area contributed by atoms with E-state index in [1.807, 2.05) is 48.4 Å². The molecule has 3 rings (SSSR count). The van der Waals surface area contributed by atoms with Crippen LogP contribution < -0.4 is 10.9 Å². The number of hydrogen-bond acceptors (Lipinski definition) is 4. The number of pyridine rings is 2. The molecule has 0 unspecified atom stereocenters. The quantitative estimate of drug-likeness (QED) is 0.429. The Kier molecular flexibility index (Phi) is 7.54. The fourth-order valence-electron chi connectivity index (χ4n) is 3.30. The van der Waals surface area contributed by atoms with Gasteiger partial charge in [0.05, 0.1) is 6.54 Å². The van der Waals surface area contributed by atoms with Gasteiger partial charge in [0, 0.05) is 36.6 Å². The molecule has 158 valence electrons. The number of aromatic nitrogens is 2. The van der Waals surface area contributed by atoms with Crippen LogP contribution in [0.5, 0.6) is 0 Å². The van der Waals surface area contributed by atoms with Gasteiger partial charge < -0.3 is 20.1 Å². The summed E-state index contributed by atoms with van der Waals surface area (Å²) in [5.41, 5.74) is 3.62. The van der Waals surface area contributed by atoms with Crippen molar-refractivity contribution >= 4 is 28.2 Å². The first kappa shape index (κ1) is 21.9. The number of hydrogen-bond donors (Lipinski definition) is 2. The molecule has 0 fully saturated rings. The summed E-state index contributed by atoms with van der Waals surface area (Å²) in [6, 6.07) is 12.0. The lowest BCUT2D eigenvalue weighted by atomic mass is 10.1. The molecule has 0 saturated heterocycles. The minimum Gasteiger partial charge on any atom is -0.363 e. The van der Waals surface area contributed by atoms with Gasteiger partial charge in [0.25, 0.3) is 5.56 Å². The molecule has 2 aromatic heterocycles. The second-order valence-electron chi connectivity index (χ2n) is 7.82. The van der Waals surface area contributed by atoms with Gasteiger partial charge in [-0.05, 0) is 80.9 Å². The summed E-state index contributed by atoms with van der Waals surface area (Å²) in [5.74, 6) is 0. The zero-order valence-corrected chi connectivity index (χ0v) is 18.6. The third kappa shape index (κ3) is 6.11. The standard InChI is InChI=1S/C23H29N5OS/c1-17-7-8-19-13-20(22(29)26-21(19)12-17)16-28(15-18-6-4-9-24-14-18)23(30)25-10-5-11-27(2)3/h4,6-9,12-14H,5,10-11,15-16H2,1-3H3,(H,25,30)(H,26,29). The molecule has 3 aromatic rings. The Morgan fingerprint density at radius 2 is 2.03 bits per heavy atom. The van der Waals surface area contributed by atoms with E-state index in [2.05, 4.69) is 40.3 Å². The Hall–Kier alpha value is -2.77. The average molecular weight is 424 g/mol. The zero-order chi connectivity index (χ0) is 21.5. The summed E-state index contributed by atoms with van der Waals surface area (Å²) in [7, 11) is 4.11. The molecule has 0 saturated carbocycles. The first-order chi connectivity index (χ1) is 14.4. The molecule has 0 aliphatic heterocycles. The second-order valence-corrected chi connectivity index (χ2v) is 8.21. The van der Waals surface area contributed by atoms with Crippen LogP contribution in [0.4, 0.5) is 0 Å². The van der Waals surface area contributed by atoms with Crippen molar-refractivity contribution in [2.45, 2.75) is 26.4 Å². The molecule has 0 atom stereocenters. The Morgan fingerprint density at radius 3 is 2.77 bits per heavy atom. The zero-order valence-electron chi connectivity index (χ0n) is 17.8. The molecule has 2 N–H and O–H groups in total. The fraction of sp³-hybridized carbons (Fsp3) is 0.348. The molecule has 6 nitrogen and oxygen atoms in total. The SMILES string of the molecule is Cc1ccc2cc(CN(Cc3cccnc3)C(=S)NCCCN(C)C)c(=O)[nH]c2c1. The lowest BCUT2D eigenvalue weighted by Gasteiger charge is -2.26. The van der Waals surface area contributed by atoms with Crippen LogP contribution >= 0.6 is 12.2 Å². The van der Waals surface area contributed by atoms with Gasteiger partial charge in [0.2, 0.25) is 0 Å². The van der Waals surface area contributed by atoms with E-state index in [1.54, 1.807) is 6.20 Å². The number of H-pyrrole nitrogens is 1. The molecular formula is C23H29N5OS. The number of aromatic amines is 1. The van der Waals surface area contributed by atoms with Crippen molar-refractivity contribution in [2.24, 2.45) is 0 Å². The lowest BCUT2D eigenvalue weighted by Crippen LogP contribution is -2.40. The predicted octanol–water partition coefficient (Wildman–Crippen LogP) is 3.06. The van der Waals surface area contributed by atoms with E-state index in [0.29, 0.717) is 23.8 Å². The summed E-state index contributed by atoms with van der Waals surface area (Å²) in [6.45, 7) is 4.80. The van der Waals surface area contributed by atoms with E-state index >= 15 is 0 Å². The van der Waals surface area contributed by atoms with Crippen LogP contribution in [0, 0.1) is 6.92 Å². The van der Waals surface area contributed by atoms with E-state index < -0.39 is 0 Å². The second kappa shape index (κ2) is 10.3. The number of aryl methyl sites for hydroxylation is 1. The molecule has 7 heteroatoms. The van der Waals surface area contributed by atoms with Gasteiger partial charge in [-0.1, -0.05) is 18.2 Å². The highest BCUT2D eigenvalue weighted by molar-refractivity contribution is 7.80. The number of rotatable bonds is 8. The molecule has 2 heterocycles. The van der Waals surface area contributed by atoms with Gasteiger partial charge in [-0.15, -0.1) is 0 Å². The maximum absolute atomic E-state index is 12.7. The van der Waals surface area contributed by atoms with Crippen molar-refractivity contribution in [1.82, 2.24) is 25.1 Å². The summed E-state index contributed by atoms with van der Waals surface area (Å²) >= 11 is 5.68. The van der Waals surface area contributed by atoms with Crippen LogP contribution in [-0.2, 0) is 13.1 Å². The van der Waals surface area contributed by atoms with Gasteiger partial charge in [-0.2, -0.15) is 0 Å². The van der Waals surface area contributed by atoms with Crippen molar-refractivity contribution < 1.29 is 0 Å². The number of nitrogens with zero attached hydrogens (tertiary/aromatic N) is 3. The van der Waals surface area contributed by atoms with Crippen LogP contribution in [0.2, 0.25) is 0 Å². The molecule has 0 aliphatic carbocycles. The monoisotopic (exact) mass is 423 g/mol. The molecule has 0 bridgehead atoms. The van der Waals surface area contributed by atoms with Crippen molar-refractivity contribution in [3.8, 4) is 0 Å². The van der Waals surface area contributed by atoms with Gasteiger partial charge in [-0.3, -0.25) is 9.78 Å². The first-order valence-electron chi connectivity index (χ1n) is 10.1. The molecule has 0 spiro atoms. The number of benzene rings is 1. The van der Waals surface area contributed by atoms with Gasteiger partial charge in [0.1, 0.15) is 0 Å². The molecule has 0 aliphatic rings. The predicted molar refractivity (Wildman–Crippen MR) is 127 cm³/mol. The topological polar surface area (TPSA) is 64.3 Å². The van der Waals surface area contributed by atoms with E-state index in [9.17, 15) is 4.79 Å². The van der Waals surface area contributed by atoms with Crippen LogP contribution in [0.3, 0.4) is 0 Å². The molecule has 0 radical (unpaired) electrons. The highest BCUT2D eigenvalue weighted by Gasteiger charge is 2.14. The van der Waals surface area contributed by atoms with Crippen LogP contribution in [0.15, 0.2) is 53.6 Å². The van der Waals surface area contributed by atoms with Gasteiger partial charge in [-0.25, -0.2) is 0 Å². The Bertz CT molecular complexity index is 1050.